The number of para-hydroxylation sites is 1. The molecule has 1 fully saturated rings. The van der Waals surface area contributed by atoms with Gasteiger partial charge in [-0.3, -0.25) is 9.79 Å². The highest BCUT2D eigenvalue weighted by molar-refractivity contribution is 9.10. The Morgan fingerprint density at radius 2 is 1.68 bits per heavy atom. The topological polar surface area (TPSA) is 67.1 Å². The largest absolute Gasteiger partial charge is 0.494 e. The van der Waals surface area contributed by atoms with Crippen molar-refractivity contribution in [3.63, 3.8) is 0 Å². The van der Waals surface area contributed by atoms with Gasteiger partial charge in [0.05, 0.1) is 35.8 Å². The van der Waals surface area contributed by atoms with Crippen LogP contribution in [0.2, 0.25) is 5.02 Å². The van der Waals surface area contributed by atoms with E-state index in [9.17, 15) is 9.90 Å². The van der Waals surface area contributed by atoms with Crippen LogP contribution in [0.3, 0.4) is 0 Å². The maximum Gasteiger partial charge on any atom is 0.265 e. The molecule has 4 aromatic rings. The number of hydrogen-bond donors (Lipinski definition) is 1. The van der Waals surface area contributed by atoms with Gasteiger partial charge in [0, 0.05) is 39.6 Å². The Morgan fingerprint density at radius 1 is 0.971 bits per heavy atom. The van der Waals surface area contributed by atoms with Crippen molar-refractivity contribution in [1.82, 2.24) is 4.57 Å². The lowest BCUT2D eigenvalue weighted by atomic mass is 10.1. The first-order chi connectivity index (χ1) is 16.5. The number of ether oxygens (including phenoxy) is 1. The van der Waals surface area contributed by atoms with Gasteiger partial charge < -0.3 is 14.7 Å². The fourth-order valence-corrected chi connectivity index (χ4v) is 4.70. The Balaban J connectivity index is 1.76. The number of aliphatic imine (C=N–C) groups is 1. The highest BCUT2D eigenvalue weighted by Gasteiger charge is 2.22. The quantitative estimate of drug-likeness (QED) is 0.339. The van der Waals surface area contributed by atoms with E-state index in [0.29, 0.717) is 59.0 Å². The molecule has 1 saturated heterocycles. The van der Waals surface area contributed by atoms with Crippen molar-refractivity contribution in [3.8, 4) is 11.6 Å². The van der Waals surface area contributed by atoms with Crippen molar-refractivity contribution in [2.45, 2.75) is 0 Å². The molecule has 0 spiro atoms. The number of nitrogens with zero attached hydrogens (tertiary/aromatic N) is 3. The molecule has 6 nitrogen and oxygen atoms in total. The Hall–Kier alpha value is -3.13. The molecule has 0 radical (unpaired) electrons. The third kappa shape index (κ3) is 4.22. The van der Waals surface area contributed by atoms with Crippen LogP contribution in [0.5, 0.6) is 5.88 Å². The predicted octanol–water partition coefficient (Wildman–Crippen LogP) is 5.70. The number of halogens is 2. The summed E-state index contributed by atoms with van der Waals surface area (Å²) in [5, 5.41) is 13.0. The van der Waals surface area contributed by atoms with Crippen LogP contribution in [0.4, 0.5) is 11.4 Å². The number of morpholine rings is 1. The minimum Gasteiger partial charge on any atom is -0.494 e. The summed E-state index contributed by atoms with van der Waals surface area (Å²) in [4.78, 5) is 20.4. The highest BCUT2D eigenvalue weighted by Crippen LogP contribution is 2.33. The molecule has 5 rings (SSSR count). The van der Waals surface area contributed by atoms with E-state index in [0.717, 1.165) is 10.2 Å². The SMILES string of the molecule is O=c1c2ccccc2c(C=Nc2ccccc2Br)c(O)n1-c1cc(Cl)ccc1N1CCOCC1. The second kappa shape index (κ2) is 9.62. The first-order valence-electron chi connectivity index (χ1n) is 10.8. The standard InChI is InChI=1S/C26H21BrClN3O3/c27-21-7-3-4-8-22(21)29-16-20-18-5-1-2-6-19(18)25(32)31(26(20)33)24-15-17(28)9-10-23(24)30-11-13-34-14-12-30/h1-10,15-16,33H,11-14H2. The normalized spacial score (nSPS) is 14.2. The van der Waals surface area contributed by atoms with Gasteiger partial charge in [-0.1, -0.05) is 41.9 Å². The minimum atomic E-state index is -0.331. The molecule has 8 heteroatoms. The Bertz CT molecular complexity index is 1460. The van der Waals surface area contributed by atoms with Gasteiger partial charge >= 0.3 is 0 Å². The van der Waals surface area contributed by atoms with Crippen LogP contribution < -0.4 is 10.5 Å². The number of fused-ring (bicyclic) bond motifs is 1. The third-order valence-electron chi connectivity index (χ3n) is 5.82. The van der Waals surface area contributed by atoms with Gasteiger partial charge in [-0.25, -0.2) is 4.57 Å². The molecule has 172 valence electrons. The van der Waals surface area contributed by atoms with Crippen LogP contribution in [0.1, 0.15) is 5.56 Å². The molecule has 0 aliphatic carbocycles. The zero-order valence-electron chi connectivity index (χ0n) is 18.1. The summed E-state index contributed by atoms with van der Waals surface area (Å²) in [5.41, 5.74) is 2.13. The van der Waals surface area contributed by atoms with Crippen molar-refractivity contribution in [1.29, 1.82) is 0 Å². The molecule has 0 bridgehead atoms. The van der Waals surface area contributed by atoms with Gasteiger partial charge in [0.15, 0.2) is 0 Å². The van der Waals surface area contributed by atoms with E-state index in [1.807, 2.05) is 42.5 Å². The van der Waals surface area contributed by atoms with E-state index in [2.05, 4.69) is 25.8 Å². The lowest BCUT2D eigenvalue weighted by Gasteiger charge is -2.31. The van der Waals surface area contributed by atoms with Crippen molar-refractivity contribution < 1.29 is 9.84 Å². The summed E-state index contributed by atoms with van der Waals surface area (Å²) < 4.78 is 7.64. The van der Waals surface area contributed by atoms with Crippen LogP contribution in [0.15, 0.2) is 81.0 Å². The summed E-state index contributed by atoms with van der Waals surface area (Å²) >= 11 is 9.86. The molecule has 34 heavy (non-hydrogen) atoms. The molecule has 1 N–H and O–H groups in total. The summed E-state index contributed by atoms with van der Waals surface area (Å²) in [6, 6.07) is 20.1. The Labute approximate surface area is 209 Å². The van der Waals surface area contributed by atoms with Gasteiger partial charge in [-0.2, -0.15) is 0 Å². The maximum absolute atomic E-state index is 13.6. The summed E-state index contributed by atoms with van der Waals surface area (Å²) in [7, 11) is 0. The molecule has 0 atom stereocenters. The predicted molar refractivity (Wildman–Crippen MR) is 141 cm³/mol. The zero-order chi connectivity index (χ0) is 23.7. The van der Waals surface area contributed by atoms with E-state index in [4.69, 9.17) is 16.3 Å². The molecule has 0 amide bonds. The molecule has 2 heterocycles. The second-order valence-electron chi connectivity index (χ2n) is 7.87. The maximum atomic E-state index is 13.6. The second-order valence-corrected chi connectivity index (χ2v) is 9.16. The third-order valence-corrected chi connectivity index (χ3v) is 6.72. The monoisotopic (exact) mass is 537 g/mol. The number of hydrogen-bond acceptors (Lipinski definition) is 5. The van der Waals surface area contributed by atoms with E-state index in [-0.39, 0.29) is 11.4 Å². The number of benzene rings is 3. The van der Waals surface area contributed by atoms with Gasteiger partial charge in [-0.15, -0.1) is 0 Å². The lowest BCUT2D eigenvalue weighted by molar-refractivity contribution is 0.122. The average Bonchev–Trinajstić information content (AvgIpc) is 2.86. The summed E-state index contributed by atoms with van der Waals surface area (Å²) in [6.45, 7) is 2.53. The molecule has 1 aromatic heterocycles. The van der Waals surface area contributed by atoms with Crippen LogP contribution in [-0.4, -0.2) is 42.2 Å². The smallest absolute Gasteiger partial charge is 0.265 e. The first kappa shape index (κ1) is 22.7. The zero-order valence-corrected chi connectivity index (χ0v) is 20.5. The molecular formula is C26H21BrClN3O3. The van der Waals surface area contributed by atoms with Crippen LogP contribution in [0.25, 0.3) is 16.5 Å². The highest BCUT2D eigenvalue weighted by atomic mass is 79.9. The number of pyridine rings is 1. The van der Waals surface area contributed by atoms with Crippen molar-refractivity contribution in [2.75, 3.05) is 31.2 Å². The average molecular weight is 539 g/mol. The van der Waals surface area contributed by atoms with Crippen molar-refractivity contribution >= 4 is 55.9 Å². The Kier molecular flexibility index (Phi) is 6.41. The van der Waals surface area contributed by atoms with Gasteiger partial charge in [0.1, 0.15) is 0 Å². The van der Waals surface area contributed by atoms with Gasteiger partial charge in [0.2, 0.25) is 5.88 Å². The molecule has 1 aliphatic rings. The lowest BCUT2D eigenvalue weighted by Crippen LogP contribution is -2.37. The van der Waals surface area contributed by atoms with Crippen molar-refractivity contribution in [2.24, 2.45) is 4.99 Å². The van der Waals surface area contributed by atoms with Gasteiger partial charge in [0.25, 0.3) is 5.56 Å². The summed E-state index contributed by atoms with van der Waals surface area (Å²) in [5.74, 6) is -0.198. The van der Waals surface area contributed by atoms with Crippen LogP contribution in [-0.2, 0) is 4.74 Å². The minimum absolute atomic E-state index is 0.198. The van der Waals surface area contributed by atoms with E-state index < -0.39 is 0 Å². The van der Waals surface area contributed by atoms with Crippen LogP contribution >= 0.6 is 27.5 Å². The number of rotatable bonds is 4. The number of anilines is 1. The van der Waals surface area contributed by atoms with Crippen LogP contribution in [0, 0.1) is 0 Å². The van der Waals surface area contributed by atoms with E-state index in [1.54, 1.807) is 30.5 Å². The molecular weight excluding hydrogens is 518 g/mol. The van der Waals surface area contributed by atoms with Crippen molar-refractivity contribution in [3.05, 3.63) is 92.1 Å². The fraction of sp³-hybridized carbons (Fsp3) is 0.154. The van der Waals surface area contributed by atoms with Gasteiger partial charge in [-0.05, 0) is 52.3 Å². The molecule has 0 unspecified atom stereocenters. The van der Waals surface area contributed by atoms with E-state index in [1.165, 1.54) is 4.57 Å². The number of aromatic nitrogens is 1. The molecule has 3 aromatic carbocycles. The Morgan fingerprint density at radius 3 is 2.44 bits per heavy atom. The van der Waals surface area contributed by atoms with E-state index >= 15 is 0 Å². The molecule has 0 saturated carbocycles. The fourth-order valence-electron chi connectivity index (χ4n) is 4.15. The molecule has 1 aliphatic heterocycles. The number of aromatic hydroxyl groups is 1. The summed E-state index contributed by atoms with van der Waals surface area (Å²) in [6.07, 6.45) is 1.59. The first-order valence-corrected chi connectivity index (χ1v) is 12.0.